The number of rotatable bonds is 4. The van der Waals surface area contributed by atoms with Crippen molar-refractivity contribution in [1.29, 1.82) is 0 Å². The molecule has 1 unspecified atom stereocenters. The third-order valence-corrected chi connectivity index (χ3v) is 4.15. The smallest absolute Gasteiger partial charge is 0.0302 e. The number of alkyl halides is 1. The van der Waals surface area contributed by atoms with Crippen molar-refractivity contribution in [3.63, 3.8) is 0 Å². The number of hydrogen-bond acceptors (Lipinski definition) is 2. The first kappa shape index (κ1) is 10.7. The van der Waals surface area contributed by atoms with Crippen molar-refractivity contribution in [2.24, 2.45) is 0 Å². The van der Waals surface area contributed by atoms with Crippen molar-refractivity contribution in [3.05, 3.63) is 20.8 Å². The maximum Gasteiger partial charge on any atom is 0.0302 e. The lowest BCUT2D eigenvalue weighted by Crippen LogP contribution is -2.26. The van der Waals surface area contributed by atoms with E-state index in [0.717, 1.165) is 11.9 Å². The maximum absolute atomic E-state index is 3.43. The van der Waals surface area contributed by atoms with Crippen LogP contribution in [0.15, 0.2) is 15.9 Å². The maximum atomic E-state index is 3.43. The first-order valence-corrected chi connectivity index (χ1v) is 6.54. The summed E-state index contributed by atoms with van der Waals surface area (Å²) in [6.07, 6.45) is 0. The Morgan fingerprint density at radius 3 is 2.92 bits per heavy atom. The molecular formula is C8H11Br2NS. The van der Waals surface area contributed by atoms with Crippen LogP contribution < -0.4 is 5.32 Å². The van der Waals surface area contributed by atoms with E-state index in [2.05, 4.69) is 55.5 Å². The molecule has 1 aromatic rings. The van der Waals surface area contributed by atoms with Crippen LogP contribution >= 0.6 is 43.2 Å². The first-order valence-electron chi connectivity index (χ1n) is 3.74. The molecule has 0 spiro atoms. The van der Waals surface area contributed by atoms with Gasteiger partial charge in [-0.2, -0.15) is 0 Å². The Bertz CT molecular complexity index is 237. The average Bonchev–Trinajstić information content (AvgIpc) is 2.47. The van der Waals surface area contributed by atoms with Crippen molar-refractivity contribution in [2.75, 3.05) is 5.33 Å². The molecule has 0 bridgehead atoms. The molecule has 0 saturated carbocycles. The summed E-state index contributed by atoms with van der Waals surface area (Å²) in [5.41, 5.74) is 0. The van der Waals surface area contributed by atoms with Gasteiger partial charge in [0.2, 0.25) is 0 Å². The standard InChI is InChI=1S/C8H11Br2NS/c1-6(3-9)11-4-8-2-7(10)5-12-8/h2,5-6,11H,3-4H2,1H3. The Balaban J connectivity index is 2.33. The molecule has 68 valence electrons. The summed E-state index contributed by atoms with van der Waals surface area (Å²) in [4.78, 5) is 1.37. The van der Waals surface area contributed by atoms with Gasteiger partial charge in [0.05, 0.1) is 0 Å². The van der Waals surface area contributed by atoms with Gasteiger partial charge in [-0.25, -0.2) is 0 Å². The van der Waals surface area contributed by atoms with Gasteiger partial charge in [0.15, 0.2) is 0 Å². The summed E-state index contributed by atoms with van der Waals surface area (Å²) < 4.78 is 1.18. The fraction of sp³-hybridized carbons (Fsp3) is 0.500. The summed E-state index contributed by atoms with van der Waals surface area (Å²) in [6, 6.07) is 2.68. The van der Waals surface area contributed by atoms with Gasteiger partial charge in [0.25, 0.3) is 0 Å². The van der Waals surface area contributed by atoms with Gasteiger partial charge in [0.1, 0.15) is 0 Å². The molecule has 1 atom stereocenters. The largest absolute Gasteiger partial charge is 0.309 e. The molecule has 0 aliphatic heterocycles. The van der Waals surface area contributed by atoms with Crippen molar-refractivity contribution >= 4 is 43.2 Å². The molecule has 0 fully saturated rings. The van der Waals surface area contributed by atoms with Crippen molar-refractivity contribution in [2.45, 2.75) is 19.5 Å². The fourth-order valence-electron chi connectivity index (χ4n) is 0.776. The molecule has 0 aliphatic rings. The van der Waals surface area contributed by atoms with E-state index >= 15 is 0 Å². The molecule has 4 heteroatoms. The summed E-state index contributed by atoms with van der Waals surface area (Å²) >= 11 is 8.63. The molecule has 1 aromatic heterocycles. The van der Waals surface area contributed by atoms with E-state index in [1.54, 1.807) is 11.3 Å². The van der Waals surface area contributed by atoms with E-state index in [-0.39, 0.29) is 0 Å². The normalized spacial score (nSPS) is 13.2. The molecule has 0 aliphatic carbocycles. The van der Waals surface area contributed by atoms with Gasteiger partial charge < -0.3 is 5.32 Å². The van der Waals surface area contributed by atoms with E-state index in [9.17, 15) is 0 Å². The number of hydrogen-bond donors (Lipinski definition) is 1. The van der Waals surface area contributed by atoms with Crippen LogP contribution in [-0.2, 0) is 6.54 Å². The minimum Gasteiger partial charge on any atom is -0.309 e. The summed E-state index contributed by atoms with van der Waals surface area (Å²) in [5, 5.41) is 6.51. The Morgan fingerprint density at radius 2 is 2.42 bits per heavy atom. The summed E-state index contributed by atoms with van der Waals surface area (Å²) in [5.74, 6) is 0. The summed E-state index contributed by atoms with van der Waals surface area (Å²) in [7, 11) is 0. The lowest BCUT2D eigenvalue weighted by Gasteiger charge is -2.08. The Labute approximate surface area is 93.8 Å². The number of halogens is 2. The quantitative estimate of drug-likeness (QED) is 0.840. The minimum absolute atomic E-state index is 0.533. The van der Waals surface area contributed by atoms with Gasteiger partial charge in [-0.1, -0.05) is 15.9 Å². The minimum atomic E-state index is 0.533. The second-order valence-electron chi connectivity index (χ2n) is 2.67. The molecule has 0 aromatic carbocycles. The van der Waals surface area contributed by atoms with Crippen LogP contribution in [0.5, 0.6) is 0 Å². The van der Waals surface area contributed by atoms with Crippen molar-refractivity contribution < 1.29 is 0 Å². The van der Waals surface area contributed by atoms with Gasteiger partial charge in [-0.05, 0) is 28.9 Å². The highest BCUT2D eigenvalue weighted by atomic mass is 79.9. The Kier molecular flexibility index (Phi) is 4.79. The second kappa shape index (κ2) is 5.37. The molecular weight excluding hydrogens is 302 g/mol. The van der Waals surface area contributed by atoms with E-state index in [4.69, 9.17) is 0 Å². The fourth-order valence-corrected chi connectivity index (χ4v) is 2.41. The van der Waals surface area contributed by atoms with Crippen LogP contribution in [0.2, 0.25) is 0 Å². The lowest BCUT2D eigenvalue weighted by atomic mass is 10.4. The van der Waals surface area contributed by atoms with Crippen LogP contribution in [0, 0.1) is 0 Å². The summed E-state index contributed by atoms with van der Waals surface area (Å²) in [6.45, 7) is 3.13. The van der Waals surface area contributed by atoms with Gasteiger partial charge in [-0.3, -0.25) is 0 Å². The molecule has 1 nitrogen and oxygen atoms in total. The highest BCUT2D eigenvalue weighted by molar-refractivity contribution is 9.10. The molecule has 12 heavy (non-hydrogen) atoms. The van der Waals surface area contributed by atoms with Gasteiger partial charge >= 0.3 is 0 Å². The van der Waals surface area contributed by atoms with Crippen LogP contribution in [0.25, 0.3) is 0 Å². The van der Waals surface area contributed by atoms with E-state index in [1.807, 2.05) is 0 Å². The number of nitrogens with one attached hydrogen (secondary N) is 1. The van der Waals surface area contributed by atoms with Crippen LogP contribution in [0.4, 0.5) is 0 Å². The lowest BCUT2D eigenvalue weighted by molar-refractivity contribution is 0.603. The van der Waals surface area contributed by atoms with Gasteiger partial charge in [-0.15, -0.1) is 11.3 Å². The molecule has 0 amide bonds. The molecule has 0 saturated heterocycles. The molecule has 1 rings (SSSR count). The van der Waals surface area contributed by atoms with Crippen LogP contribution in [0.3, 0.4) is 0 Å². The predicted octanol–water partition coefficient (Wildman–Crippen LogP) is 3.38. The third kappa shape index (κ3) is 3.56. The average molecular weight is 313 g/mol. The zero-order valence-corrected chi connectivity index (χ0v) is 10.8. The van der Waals surface area contributed by atoms with E-state index in [0.29, 0.717) is 6.04 Å². The van der Waals surface area contributed by atoms with Crippen molar-refractivity contribution in [3.8, 4) is 0 Å². The SMILES string of the molecule is CC(CBr)NCc1cc(Br)cs1. The second-order valence-corrected chi connectivity index (χ2v) is 5.23. The van der Waals surface area contributed by atoms with E-state index in [1.165, 1.54) is 9.35 Å². The van der Waals surface area contributed by atoms with Crippen LogP contribution in [0.1, 0.15) is 11.8 Å². The molecule has 1 N–H and O–H groups in total. The molecule has 0 radical (unpaired) electrons. The van der Waals surface area contributed by atoms with Crippen LogP contribution in [-0.4, -0.2) is 11.4 Å². The van der Waals surface area contributed by atoms with Gasteiger partial charge in [0, 0.05) is 32.6 Å². The molecule has 1 heterocycles. The Morgan fingerprint density at radius 1 is 1.67 bits per heavy atom. The highest BCUT2D eigenvalue weighted by Gasteiger charge is 2.00. The Hall–Kier alpha value is 0.620. The highest BCUT2D eigenvalue weighted by Crippen LogP contribution is 2.19. The first-order chi connectivity index (χ1) is 5.72. The zero-order valence-electron chi connectivity index (χ0n) is 6.81. The monoisotopic (exact) mass is 311 g/mol. The number of thiophene rings is 1. The zero-order chi connectivity index (χ0) is 8.97. The topological polar surface area (TPSA) is 12.0 Å². The van der Waals surface area contributed by atoms with E-state index < -0.39 is 0 Å². The van der Waals surface area contributed by atoms with Crippen molar-refractivity contribution in [1.82, 2.24) is 5.32 Å². The third-order valence-electron chi connectivity index (χ3n) is 1.48. The predicted molar refractivity (Wildman–Crippen MR) is 62.1 cm³/mol.